The van der Waals surface area contributed by atoms with Crippen molar-refractivity contribution < 1.29 is 46.8 Å². The highest BCUT2D eigenvalue weighted by atomic mass is 31.2. The van der Waals surface area contributed by atoms with E-state index < -0.39 is 32.5 Å². The number of likely N-dealkylation sites (N-methyl/N-ethyl adjacent to an activating group) is 1. The van der Waals surface area contributed by atoms with Crippen LogP contribution in [0, 0.1) is 6.92 Å². The summed E-state index contributed by atoms with van der Waals surface area (Å²) in [6.45, 7) is 15.8. The number of carbonyl (C=O) groups excluding carboxylic acids is 2. The summed E-state index contributed by atoms with van der Waals surface area (Å²) in [5.74, 6) is -0.310. The number of aliphatic imine (C=N–C) groups is 2. The number of allylic oxidation sites excluding steroid dienone is 1. The average molecular weight is 1090 g/mol. The van der Waals surface area contributed by atoms with E-state index in [1.165, 1.54) is 108 Å². The minimum atomic E-state index is -4.47. The van der Waals surface area contributed by atoms with Gasteiger partial charge in [-0.15, -0.1) is 0 Å². The Hall–Kier alpha value is -4.53. The van der Waals surface area contributed by atoms with E-state index in [0.29, 0.717) is 48.3 Å². The van der Waals surface area contributed by atoms with Crippen LogP contribution in [0.1, 0.15) is 202 Å². The smallest absolute Gasteiger partial charge is 0.472 e. The second kappa shape index (κ2) is 29.6. The van der Waals surface area contributed by atoms with Crippen LogP contribution < -0.4 is 4.74 Å². The molecule has 1 saturated heterocycles. The number of H-pyrrole nitrogens is 2. The molecule has 4 unspecified atom stereocenters. The molecule has 4 atom stereocenters. The fraction of sp³-hybridized carbons (Fsp3) is 0.672. The maximum absolute atomic E-state index is 13.2. The zero-order valence-electron chi connectivity index (χ0n) is 48.8. The molecule has 1 aromatic carbocycles. The zero-order chi connectivity index (χ0) is 55.6. The molecule has 77 heavy (non-hydrogen) atoms. The van der Waals surface area contributed by atoms with E-state index in [9.17, 15) is 19.0 Å². The van der Waals surface area contributed by atoms with Crippen molar-refractivity contribution in [3.63, 3.8) is 0 Å². The number of aromatic amines is 2. The highest BCUT2D eigenvalue weighted by Gasteiger charge is 2.68. The van der Waals surface area contributed by atoms with Gasteiger partial charge in [0.25, 0.3) is 0 Å². The Morgan fingerprint density at radius 1 is 0.740 bits per heavy atom. The molecule has 428 valence electrons. The third-order valence-corrected chi connectivity index (χ3v) is 16.9. The summed E-state index contributed by atoms with van der Waals surface area (Å²) in [5, 5.41) is 0. The van der Waals surface area contributed by atoms with Crippen LogP contribution in [0.5, 0.6) is 5.75 Å². The molecule has 0 amide bonds. The largest absolute Gasteiger partial charge is 0.494 e. The summed E-state index contributed by atoms with van der Waals surface area (Å²) in [4.78, 5) is 56.7. The lowest BCUT2D eigenvalue weighted by Crippen LogP contribution is -2.37. The number of esters is 2. The number of nitrogens with one attached hydrogen (secondary N) is 2. The lowest BCUT2D eigenvalue weighted by molar-refractivity contribution is -0.870. The maximum atomic E-state index is 13.2. The number of benzene rings is 1. The van der Waals surface area contributed by atoms with E-state index in [-0.39, 0.29) is 37.6 Å². The molecule has 4 bridgehead atoms. The highest BCUT2D eigenvalue weighted by molar-refractivity contribution is 7.47. The van der Waals surface area contributed by atoms with E-state index in [1.807, 2.05) is 45.6 Å². The van der Waals surface area contributed by atoms with Crippen LogP contribution in [0.2, 0.25) is 0 Å². The van der Waals surface area contributed by atoms with E-state index in [4.69, 9.17) is 33.2 Å². The Bertz CT molecular complexity index is 2540. The molecule has 5 heterocycles. The van der Waals surface area contributed by atoms with Crippen molar-refractivity contribution in [2.24, 2.45) is 9.98 Å². The van der Waals surface area contributed by atoms with E-state index >= 15 is 0 Å². The number of nitrogens with zero attached hydrogens (tertiary/aromatic N) is 4. The molecule has 16 heteroatoms. The monoisotopic (exact) mass is 1090 g/mol. The van der Waals surface area contributed by atoms with Gasteiger partial charge in [-0.25, -0.2) is 4.57 Å². The van der Waals surface area contributed by atoms with E-state index in [0.717, 1.165) is 69.2 Å². The van der Waals surface area contributed by atoms with Crippen LogP contribution in [0.25, 0.3) is 0 Å². The lowest BCUT2D eigenvalue weighted by Gasteiger charge is -2.31. The second-order valence-electron chi connectivity index (χ2n) is 22.7. The first-order valence-electron chi connectivity index (χ1n) is 29.5. The fourth-order valence-corrected chi connectivity index (χ4v) is 12.2. The minimum absolute atomic E-state index is 0.00849. The third-order valence-electron chi connectivity index (χ3n) is 15.9. The Morgan fingerprint density at radius 3 is 1.99 bits per heavy atom. The summed E-state index contributed by atoms with van der Waals surface area (Å²) >= 11 is 0. The van der Waals surface area contributed by atoms with Gasteiger partial charge in [0.1, 0.15) is 25.5 Å². The van der Waals surface area contributed by atoms with Crippen LogP contribution in [0.15, 0.2) is 39.5 Å². The van der Waals surface area contributed by atoms with Gasteiger partial charge in [0.15, 0.2) is 6.10 Å². The molecule has 3 aromatic rings. The number of carbonyl (C=O) groups is 2. The zero-order valence-corrected chi connectivity index (χ0v) is 49.7. The molecule has 6 rings (SSSR count). The minimum Gasteiger partial charge on any atom is -0.494 e. The molecule has 15 nitrogen and oxygen atoms in total. The molecule has 0 radical (unpaired) electrons. The van der Waals surface area contributed by atoms with Gasteiger partial charge in [-0.05, 0) is 98.8 Å². The van der Waals surface area contributed by atoms with Gasteiger partial charge in [-0.1, -0.05) is 112 Å². The van der Waals surface area contributed by atoms with Gasteiger partial charge in [-0.3, -0.25) is 28.6 Å². The number of phosphoric ester groups is 1. The summed E-state index contributed by atoms with van der Waals surface area (Å²) in [6, 6.07) is 5.94. The van der Waals surface area contributed by atoms with Gasteiger partial charge in [-0.2, -0.15) is 0 Å². The Balaban J connectivity index is 1.03. The average Bonchev–Trinajstić information content (AvgIpc) is 3.78. The fourth-order valence-electron chi connectivity index (χ4n) is 11.4. The summed E-state index contributed by atoms with van der Waals surface area (Å²) < 4.78 is 41.2. The van der Waals surface area contributed by atoms with Crippen molar-refractivity contribution in [1.82, 2.24) is 14.9 Å². The number of quaternary nitrogens is 1. The first-order valence-corrected chi connectivity index (χ1v) is 31.0. The van der Waals surface area contributed by atoms with Crippen LogP contribution in [-0.4, -0.2) is 120 Å². The first-order chi connectivity index (χ1) is 37.0. The number of unbranched alkanes of at least 4 members (excludes halogenated alkanes) is 13. The molecule has 1 fully saturated rings. The predicted octanol–water partition coefficient (Wildman–Crippen LogP) is 13.4. The first kappa shape index (κ1) is 61.7. The van der Waals surface area contributed by atoms with Crippen LogP contribution in [-0.2, 0) is 64.8 Å². The van der Waals surface area contributed by atoms with Gasteiger partial charge >= 0.3 is 19.8 Å². The number of aromatic nitrogens is 2. The highest BCUT2D eigenvalue weighted by Crippen LogP contribution is 2.61. The van der Waals surface area contributed by atoms with Gasteiger partial charge in [0.2, 0.25) is 0 Å². The van der Waals surface area contributed by atoms with Crippen molar-refractivity contribution in [3.05, 3.63) is 74.5 Å². The van der Waals surface area contributed by atoms with Crippen molar-refractivity contribution in [2.75, 3.05) is 54.1 Å². The third kappa shape index (κ3) is 17.5. The van der Waals surface area contributed by atoms with Gasteiger partial charge < -0.3 is 38.5 Å². The number of ether oxygens (including phenoxy) is 3. The molecule has 3 N–H and O–H groups in total. The van der Waals surface area contributed by atoms with Crippen LogP contribution >= 0.6 is 7.82 Å². The number of hydrogen-bond donors (Lipinski definition) is 3. The lowest BCUT2D eigenvalue weighted by atomic mass is 9.87. The van der Waals surface area contributed by atoms with Crippen LogP contribution in [0.4, 0.5) is 11.4 Å². The Kier molecular flexibility index (Phi) is 23.7. The van der Waals surface area contributed by atoms with Crippen molar-refractivity contribution in [3.8, 4) is 5.75 Å². The van der Waals surface area contributed by atoms with Gasteiger partial charge in [0, 0.05) is 60.7 Å². The molecule has 0 spiro atoms. The number of rotatable bonds is 34. The molecular formula is C61H96N6O9P+. The summed E-state index contributed by atoms with van der Waals surface area (Å²) in [7, 11) is 1.35. The Morgan fingerprint density at radius 2 is 1.35 bits per heavy atom. The summed E-state index contributed by atoms with van der Waals surface area (Å²) in [5.41, 5.74) is 14.6. The number of hydrogen-bond acceptors (Lipinski definition) is 11. The molecule has 2 aromatic heterocycles. The van der Waals surface area contributed by atoms with Crippen LogP contribution in [0.3, 0.4) is 0 Å². The van der Waals surface area contributed by atoms with E-state index in [2.05, 4.69) is 69.5 Å². The molecule has 3 aliphatic rings. The number of fused-ring (bicyclic) bond motifs is 6. The van der Waals surface area contributed by atoms with Crippen molar-refractivity contribution >= 4 is 43.6 Å². The predicted molar refractivity (Wildman–Crippen MR) is 309 cm³/mol. The quantitative estimate of drug-likeness (QED) is 0.0171. The molecule has 0 aliphatic carbocycles. The second-order valence-corrected chi connectivity index (χ2v) is 24.2. The Labute approximate surface area is 461 Å². The van der Waals surface area contributed by atoms with Gasteiger partial charge in [0.05, 0.1) is 69.2 Å². The van der Waals surface area contributed by atoms with Crippen molar-refractivity contribution in [2.45, 2.75) is 214 Å². The topological polar surface area (TPSA) is 177 Å². The SMILES string of the molecule is CCCCCCCCCCCCCCCC(=O)OCC(COP(=O)(O)OCC[N+](C)(C)C)OC(=O)CCCCOc1ccc2c(c1)N=CC1N3C(=C(CC)C13C)Cc1[nH]c(c(CC)c1CC)Cc1[nH]c(c(C)c1CC)C=N2. The summed E-state index contributed by atoms with van der Waals surface area (Å²) in [6.07, 6.45) is 25.4. The maximum Gasteiger partial charge on any atom is 0.472 e. The molecular weight excluding hydrogens is 992 g/mol. The normalized spacial score (nSPS) is 18.1. The molecule has 0 saturated carbocycles. The van der Waals surface area contributed by atoms with E-state index in [1.54, 1.807) is 0 Å². The van der Waals surface area contributed by atoms with Crippen molar-refractivity contribution in [1.29, 1.82) is 0 Å². The molecule has 3 aliphatic heterocycles. The standard InChI is InChI=1S/C61H95N6O9P/c1-11-16-17-18-19-20-21-22-23-24-25-26-27-30-59(68)73-42-46(43-75-77(70,71)74-36-34-67(8,9)10)76-60(69)31-28-29-35-72-45-32-33-51-55(37-45)63-41-58-61(7)50(15-5)57(66(58)61)39-54-49(14-4)48(13-3)53(64-54)38-52-47(12-2)44(6)56(65-52)40-62-51/h32-33,37,40-41,46,58,64H,11-31,34-36,38-39,42-43H2,1-10H3,(H-,62,65,70,71)/p+1. The number of phosphoric acid groups is 1.